The molecule has 1 unspecified atom stereocenters. The molecule has 1 fully saturated rings. The number of benzene rings is 2. The third-order valence-electron chi connectivity index (χ3n) is 6.87. The first-order chi connectivity index (χ1) is 17.1. The number of nitrogens with zero attached hydrogens (tertiary/aromatic N) is 2. The lowest BCUT2D eigenvalue weighted by Gasteiger charge is -2.39. The summed E-state index contributed by atoms with van der Waals surface area (Å²) in [6.45, 7) is 2.09. The molecular weight excluding hydrogens is 462 g/mol. The van der Waals surface area contributed by atoms with E-state index in [1.165, 1.54) is 0 Å². The maximum atomic E-state index is 13.7. The van der Waals surface area contributed by atoms with Crippen LogP contribution in [0.5, 0.6) is 11.5 Å². The van der Waals surface area contributed by atoms with Crippen LogP contribution >= 0.6 is 11.8 Å². The summed E-state index contributed by atoms with van der Waals surface area (Å²) < 4.78 is 11.1. The van der Waals surface area contributed by atoms with E-state index in [9.17, 15) is 9.59 Å². The summed E-state index contributed by atoms with van der Waals surface area (Å²) in [7, 11) is 3.25. The summed E-state index contributed by atoms with van der Waals surface area (Å²) in [6.07, 6.45) is 5.39. The number of hydrogen-bond donors (Lipinski definition) is 1. The molecule has 2 aliphatic rings. The quantitative estimate of drug-likeness (QED) is 0.595. The number of thioether (sulfide) groups is 1. The van der Waals surface area contributed by atoms with Gasteiger partial charge in [0.15, 0.2) is 11.5 Å². The summed E-state index contributed by atoms with van der Waals surface area (Å²) in [5, 5.41) is 3.11. The first kappa shape index (κ1) is 25.2. The van der Waals surface area contributed by atoms with E-state index in [1.54, 1.807) is 26.0 Å². The fourth-order valence-electron chi connectivity index (χ4n) is 5.04. The minimum Gasteiger partial charge on any atom is -0.493 e. The summed E-state index contributed by atoms with van der Waals surface area (Å²) in [5.41, 5.74) is 3.16. The van der Waals surface area contributed by atoms with E-state index in [-0.39, 0.29) is 18.0 Å². The van der Waals surface area contributed by atoms with Gasteiger partial charge in [-0.2, -0.15) is 11.8 Å². The highest BCUT2D eigenvalue weighted by Crippen LogP contribution is 2.41. The Morgan fingerprint density at radius 3 is 2.40 bits per heavy atom. The smallest absolute Gasteiger partial charge is 0.318 e. The third kappa shape index (κ3) is 5.53. The Kier molecular flexibility index (Phi) is 8.44. The highest BCUT2D eigenvalue weighted by atomic mass is 32.2. The van der Waals surface area contributed by atoms with Crippen LogP contribution in [0, 0.1) is 0 Å². The maximum absolute atomic E-state index is 13.7. The van der Waals surface area contributed by atoms with Crippen LogP contribution in [0.3, 0.4) is 0 Å². The Hall–Kier alpha value is -2.87. The van der Waals surface area contributed by atoms with Crippen molar-refractivity contribution in [2.24, 2.45) is 0 Å². The summed E-state index contributed by atoms with van der Waals surface area (Å²) in [6, 6.07) is 13.0. The molecule has 2 aromatic carbocycles. The van der Waals surface area contributed by atoms with Gasteiger partial charge in [-0.05, 0) is 66.5 Å². The van der Waals surface area contributed by atoms with Crippen LogP contribution in [0.15, 0.2) is 42.5 Å². The monoisotopic (exact) mass is 497 g/mol. The highest BCUT2D eigenvalue weighted by molar-refractivity contribution is 7.98. The lowest BCUT2D eigenvalue weighted by molar-refractivity contribution is -0.132. The van der Waals surface area contributed by atoms with Gasteiger partial charge in [-0.25, -0.2) is 4.79 Å². The van der Waals surface area contributed by atoms with Gasteiger partial charge in [0.05, 0.1) is 20.3 Å². The molecule has 0 radical (unpaired) electrons. The molecule has 188 valence electrons. The number of fused-ring (bicyclic) bond motifs is 1. The molecule has 2 atom stereocenters. The Morgan fingerprint density at radius 1 is 1.06 bits per heavy atom. The van der Waals surface area contributed by atoms with Crippen LogP contribution in [0.25, 0.3) is 0 Å². The van der Waals surface area contributed by atoms with Crippen molar-refractivity contribution in [2.45, 2.75) is 37.8 Å². The van der Waals surface area contributed by atoms with Crippen molar-refractivity contribution in [3.63, 3.8) is 0 Å². The van der Waals surface area contributed by atoms with Gasteiger partial charge < -0.3 is 24.6 Å². The first-order valence-corrected chi connectivity index (χ1v) is 13.6. The number of nitrogens with one attached hydrogen (secondary N) is 1. The van der Waals surface area contributed by atoms with Gasteiger partial charge in [0.2, 0.25) is 5.91 Å². The largest absolute Gasteiger partial charge is 0.493 e. The second kappa shape index (κ2) is 11.7. The molecule has 2 aliphatic heterocycles. The highest BCUT2D eigenvalue weighted by Gasteiger charge is 2.36. The second-order valence-corrected chi connectivity index (χ2v) is 9.96. The average Bonchev–Trinajstić information content (AvgIpc) is 3.44. The van der Waals surface area contributed by atoms with Crippen LogP contribution in [0.2, 0.25) is 0 Å². The predicted octanol–water partition coefficient (Wildman–Crippen LogP) is 4.11. The number of hydrogen-bond acceptors (Lipinski definition) is 5. The zero-order valence-electron chi connectivity index (χ0n) is 20.8. The van der Waals surface area contributed by atoms with E-state index < -0.39 is 6.04 Å². The molecule has 0 saturated carbocycles. The number of ether oxygens (including phenoxy) is 2. The lowest BCUT2D eigenvalue weighted by Crippen LogP contribution is -2.54. The molecule has 0 spiro atoms. The maximum Gasteiger partial charge on any atom is 0.318 e. The van der Waals surface area contributed by atoms with Crippen LogP contribution in [0.4, 0.5) is 4.79 Å². The van der Waals surface area contributed by atoms with Gasteiger partial charge in [0.25, 0.3) is 0 Å². The molecule has 2 aromatic rings. The molecule has 1 N–H and O–H groups in total. The molecule has 7 nitrogen and oxygen atoms in total. The van der Waals surface area contributed by atoms with E-state index >= 15 is 0 Å². The van der Waals surface area contributed by atoms with E-state index in [0.717, 1.165) is 48.4 Å². The average molecular weight is 498 g/mol. The first-order valence-electron chi connectivity index (χ1n) is 12.2. The fourth-order valence-corrected chi connectivity index (χ4v) is 5.51. The molecule has 0 aromatic heterocycles. The van der Waals surface area contributed by atoms with E-state index in [2.05, 4.69) is 5.32 Å². The number of carbonyl (C=O) groups is 2. The van der Waals surface area contributed by atoms with E-state index in [0.29, 0.717) is 30.9 Å². The Morgan fingerprint density at radius 2 is 1.74 bits per heavy atom. The Bertz CT molecular complexity index is 1030. The summed E-state index contributed by atoms with van der Waals surface area (Å²) in [5.74, 6) is 2.16. The molecule has 4 rings (SSSR count). The van der Waals surface area contributed by atoms with Crippen LogP contribution in [-0.2, 0) is 11.2 Å². The molecular formula is C27H35N3O4S. The minimum atomic E-state index is -0.517. The molecule has 2 heterocycles. The van der Waals surface area contributed by atoms with Crippen molar-refractivity contribution in [3.05, 3.63) is 59.2 Å². The third-order valence-corrected chi connectivity index (χ3v) is 7.52. The van der Waals surface area contributed by atoms with Gasteiger partial charge in [-0.1, -0.05) is 30.3 Å². The normalized spacial score (nSPS) is 18.1. The number of amides is 3. The number of methoxy groups -OCH3 is 2. The lowest BCUT2D eigenvalue weighted by atomic mass is 9.88. The van der Waals surface area contributed by atoms with Crippen LogP contribution < -0.4 is 14.8 Å². The topological polar surface area (TPSA) is 71.1 Å². The molecule has 35 heavy (non-hydrogen) atoms. The van der Waals surface area contributed by atoms with Gasteiger partial charge in [0, 0.05) is 19.6 Å². The van der Waals surface area contributed by atoms with Crippen molar-refractivity contribution in [1.29, 1.82) is 0 Å². The van der Waals surface area contributed by atoms with Crippen molar-refractivity contribution < 1.29 is 19.1 Å². The predicted molar refractivity (Wildman–Crippen MR) is 139 cm³/mol. The van der Waals surface area contributed by atoms with Gasteiger partial charge in [-0.3, -0.25) is 4.79 Å². The zero-order valence-corrected chi connectivity index (χ0v) is 21.6. The van der Waals surface area contributed by atoms with Crippen molar-refractivity contribution in [1.82, 2.24) is 15.1 Å². The van der Waals surface area contributed by atoms with Crippen molar-refractivity contribution >= 4 is 23.7 Å². The second-order valence-electron chi connectivity index (χ2n) is 8.98. The molecule has 0 bridgehead atoms. The standard InChI is InChI=1S/C27H35N3O4S/c1-33-23-17-20-11-15-30(25(19-9-5-4-6-10-19)21(20)18-24(23)34-2)27(32)28-22(12-16-35-3)26(31)29-13-7-8-14-29/h4-6,9-10,17-18,22,25H,7-8,11-16H2,1-3H3,(H,28,32)/t22-,25?/m0/s1. The van der Waals surface area contributed by atoms with Gasteiger partial charge in [0.1, 0.15) is 6.04 Å². The summed E-state index contributed by atoms with van der Waals surface area (Å²) >= 11 is 1.69. The van der Waals surface area contributed by atoms with Crippen LogP contribution in [-0.4, -0.2) is 73.6 Å². The zero-order chi connectivity index (χ0) is 24.8. The number of rotatable bonds is 8. The summed E-state index contributed by atoms with van der Waals surface area (Å²) in [4.78, 5) is 30.7. The van der Waals surface area contributed by atoms with Gasteiger partial charge in [-0.15, -0.1) is 0 Å². The van der Waals surface area contributed by atoms with Crippen molar-refractivity contribution in [3.8, 4) is 11.5 Å². The van der Waals surface area contributed by atoms with Gasteiger partial charge >= 0.3 is 6.03 Å². The Labute approximate surface area is 212 Å². The number of carbonyl (C=O) groups excluding carboxylic acids is 2. The number of likely N-dealkylation sites (tertiary alicyclic amines) is 1. The van der Waals surface area contributed by atoms with Crippen LogP contribution in [0.1, 0.15) is 42.0 Å². The SMILES string of the molecule is COc1cc2c(cc1OC)C(c1ccccc1)N(C(=O)N[C@@H](CCSC)C(=O)N1CCCC1)CC2. The van der Waals surface area contributed by atoms with E-state index in [1.807, 2.05) is 58.5 Å². The number of urea groups is 1. The van der Waals surface area contributed by atoms with E-state index in [4.69, 9.17) is 9.47 Å². The molecule has 0 aliphatic carbocycles. The molecule has 8 heteroatoms. The molecule has 1 saturated heterocycles. The molecule has 3 amide bonds. The minimum absolute atomic E-state index is 0.0324. The van der Waals surface area contributed by atoms with Crippen molar-refractivity contribution in [2.75, 3.05) is 45.9 Å². The fraction of sp³-hybridized carbons (Fsp3) is 0.481. The Balaban J connectivity index is 1.65.